The summed E-state index contributed by atoms with van der Waals surface area (Å²) < 4.78 is 44.2. The first-order valence-corrected chi connectivity index (χ1v) is 6.81. The van der Waals surface area contributed by atoms with Crippen LogP contribution in [0.2, 0.25) is 5.02 Å². The molecule has 0 saturated heterocycles. The highest BCUT2D eigenvalue weighted by atomic mass is 35.5. The van der Waals surface area contributed by atoms with Crippen LogP contribution >= 0.6 is 11.6 Å². The van der Waals surface area contributed by atoms with Gasteiger partial charge < -0.3 is 15.4 Å². The van der Waals surface area contributed by atoms with Crippen molar-refractivity contribution in [1.82, 2.24) is 5.32 Å². The Morgan fingerprint density at radius 2 is 1.78 bits per heavy atom. The quantitative estimate of drug-likeness (QED) is 0.831. The van der Waals surface area contributed by atoms with Gasteiger partial charge in [0.25, 0.3) is 0 Å². The van der Waals surface area contributed by atoms with E-state index in [0.717, 1.165) is 12.1 Å². The fraction of sp³-hybridized carbons (Fsp3) is 0.133. The molecule has 2 rings (SSSR count). The number of hydrogen-bond acceptors (Lipinski definition) is 2. The first-order chi connectivity index (χ1) is 10.8. The van der Waals surface area contributed by atoms with Crippen LogP contribution in [0.15, 0.2) is 42.5 Å². The summed E-state index contributed by atoms with van der Waals surface area (Å²) in [6.45, 7) is 0. The van der Waals surface area contributed by atoms with Gasteiger partial charge in [0.15, 0.2) is 0 Å². The van der Waals surface area contributed by atoms with Gasteiger partial charge in [0.2, 0.25) is 0 Å². The molecule has 122 valence electrons. The molecule has 4 nitrogen and oxygen atoms in total. The van der Waals surface area contributed by atoms with Crippen LogP contribution in [0.4, 0.5) is 23.7 Å². The van der Waals surface area contributed by atoms with Gasteiger partial charge in [-0.2, -0.15) is 13.2 Å². The Bertz CT molecular complexity index is 703. The number of carbonyl (C=O) groups is 1. The maximum Gasteiger partial charge on any atom is 0.420 e. The van der Waals surface area contributed by atoms with Gasteiger partial charge in [-0.1, -0.05) is 11.6 Å². The van der Waals surface area contributed by atoms with Gasteiger partial charge in [0.1, 0.15) is 11.5 Å². The standard InChI is InChI=1S/C15H12ClF3N2O2/c1-20-14(22)21-10-3-5-11(6-4-10)23-13-7-2-9(16)8-12(13)15(17,18)19/h2-8H,1H3,(H2,20,21,22). The normalized spacial score (nSPS) is 11.0. The van der Waals surface area contributed by atoms with E-state index < -0.39 is 17.8 Å². The van der Waals surface area contributed by atoms with Crippen LogP contribution in [0.3, 0.4) is 0 Å². The van der Waals surface area contributed by atoms with Crippen LogP contribution in [0.1, 0.15) is 5.56 Å². The number of carbonyl (C=O) groups excluding carboxylic acids is 1. The Kier molecular flexibility index (Phi) is 5.00. The number of urea groups is 1. The maximum atomic E-state index is 13.0. The number of halogens is 4. The lowest BCUT2D eigenvalue weighted by Gasteiger charge is -2.14. The molecule has 0 spiro atoms. The minimum Gasteiger partial charge on any atom is -0.457 e. The second kappa shape index (κ2) is 6.78. The summed E-state index contributed by atoms with van der Waals surface area (Å²) in [5.41, 5.74) is -0.485. The zero-order valence-electron chi connectivity index (χ0n) is 11.9. The van der Waals surface area contributed by atoms with E-state index in [1.54, 1.807) is 0 Å². The second-order valence-electron chi connectivity index (χ2n) is 4.47. The van der Waals surface area contributed by atoms with Crippen LogP contribution in [0.25, 0.3) is 0 Å². The molecule has 2 aromatic carbocycles. The van der Waals surface area contributed by atoms with E-state index >= 15 is 0 Å². The molecule has 0 aliphatic rings. The molecule has 0 aromatic heterocycles. The molecule has 2 aromatic rings. The van der Waals surface area contributed by atoms with Crippen molar-refractivity contribution in [2.24, 2.45) is 0 Å². The predicted molar refractivity (Wildman–Crippen MR) is 81.0 cm³/mol. The third-order valence-corrected chi connectivity index (χ3v) is 3.05. The number of alkyl halides is 3. The molecule has 8 heteroatoms. The van der Waals surface area contributed by atoms with E-state index in [9.17, 15) is 18.0 Å². The summed E-state index contributed by atoms with van der Waals surface area (Å²) in [7, 11) is 1.46. The average molecular weight is 345 g/mol. The van der Waals surface area contributed by atoms with Crippen molar-refractivity contribution in [3.05, 3.63) is 53.1 Å². The van der Waals surface area contributed by atoms with Crippen LogP contribution in [0.5, 0.6) is 11.5 Å². The van der Waals surface area contributed by atoms with Crippen LogP contribution in [-0.2, 0) is 6.18 Å². The molecule has 0 saturated carbocycles. The largest absolute Gasteiger partial charge is 0.457 e. The van der Waals surface area contributed by atoms with Crippen molar-refractivity contribution < 1.29 is 22.7 Å². The molecule has 0 atom stereocenters. The van der Waals surface area contributed by atoms with Crippen molar-refractivity contribution in [3.8, 4) is 11.5 Å². The molecule has 0 aliphatic carbocycles. The van der Waals surface area contributed by atoms with Gasteiger partial charge in [0, 0.05) is 17.8 Å². The Labute approximate surface area is 135 Å². The fourth-order valence-electron chi connectivity index (χ4n) is 1.74. The van der Waals surface area contributed by atoms with E-state index in [2.05, 4.69) is 10.6 Å². The molecule has 2 amide bonds. The zero-order valence-corrected chi connectivity index (χ0v) is 12.6. The summed E-state index contributed by atoms with van der Waals surface area (Å²) in [5, 5.41) is 4.87. The van der Waals surface area contributed by atoms with Gasteiger partial charge >= 0.3 is 12.2 Å². The number of rotatable bonds is 3. The minimum atomic E-state index is -4.58. The number of anilines is 1. The van der Waals surface area contributed by atoms with Gasteiger partial charge in [-0.05, 0) is 42.5 Å². The summed E-state index contributed by atoms with van der Waals surface area (Å²) >= 11 is 5.61. The molecule has 0 radical (unpaired) electrons. The molecule has 0 unspecified atom stereocenters. The maximum absolute atomic E-state index is 13.0. The predicted octanol–water partition coefficient (Wildman–Crippen LogP) is 4.90. The third-order valence-electron chi connectivity index (χ3n) is 2.81. The Hall–Kier alpha value is -2.41. The Balaban J connectivity index is 2.21. The van der Waals surface area contributed by atoms with Gasteiger partial charge in [-0.3, -0.25) is 0 Å². The van der Waals surface area contributed by atoms with E-state index in [4.69, 9.17) is 16.3 Å². The van der Waals surface area contributed by atoms with Crippen molar-refractivity contribution in [1.29, 1.82) is 0 Å². The molecule has 0 bridgehead atoms. The molecular weight excluding hydrogens is 333 g/mol. The number of benzene rings is 2. The first-order valence-electron chi connectivity index (χ1n) is 6.43. The number of ether oxygens (including phenoxy) is 1. The number of nitrogens with one attached hydrogen (secondary N) is 2. The summed E-state index contributed by atoms with van der Waals surface area (Å²) in [5.74, 6) is -0.158. The third kappa shape index (κ3) is 4.53. The highest BCUT2D eigenvalue weighted by molar-refractivity contribution is 6.30. The summed E-state index contributed by atoms with van der Waals surface area (Å²) in [6, 6.07) is 8.77. The highest BCUT2D eigenvalue weighted by Crippen LogP contribution is 2.39. The van der Waals surface area contributed by atoms with E-state index in [-0.39, 0.29) is 16.5 Å². The van der Waals surface area contributed by atoms with Gasteiger partial charge in [-0.15, -0.1) is 0 Å². The molecule has 0 heterocycles. The van der Waals surface area contributed by atoms with E-state index in [1.807, 2.05) is 0 Å². The first kappa shape index (κ1) is 17.0. The van der Waals surface area contributed by atoms with Crippen molar-refractivity contribution >= 4 is 23.3 Å². The monoisotopic (exact) mass is 344 g/mol. The van der Waals surface area contributed by atoms with Crippen LogP contribution < -0.4 is 15.4 Å². The van der Waals surface area contributed by atoms with Crippen molar-refractivity contribution in [2.75, 3.05) is 12.4 Å². The molecular formula is C15H12ClF3N2O2. The fourth-order valence-corrected chi connectivity index (χ4v) is 1.91. The molecule has 0 aliphatic heterocycles. The SMILES string of the molecule is CNC(=O)Nc1ccc(Oc2ccc(Cl)cc2C(F)(F)F)cc1. The van der Waals surface area contributed by atoms with Crippen molar-refractivity contribution in [3.63, 3.8) is 0 Å². The van der Waals surface area contributed by atoms with Crippen LogP contribution in [0, 0.1) is 0 Å². The Morgan fingerprint density at radius 3 is 2.35 bits per heavy atom. The topological polar surface area (TPSA) is 50.4 Å². The lowest BCUT2D eigenvalue weighted by molar-refractivity contribution is -0.138. The highest BCUT2D eigenvalue weighted by Gasteiger charge is 2.34. The van der Waals surface area contributed by atoms with Crippen molar-refractivity contribution in [2.45, 2.75) is 6.18 Å². The van der Waals surface area contributed by atoms with Gasteiger partial charge in [-0.25, -0.2) is 4.79 Å². The molecule has 23 heavy (non-hydrogen) atoms. The molecule has 0 fully saturated rings. The molecule has 2 N–H and O–H groups in total. The average Bonchev–Trinajstić information content (AvgIpc) is 2.50. The summed E-state index contributed by atoms with van der Waals surface area (Å²) in [4.78, 5) is 11.2. The minimum absolute atomic E-state index is 0.0326. The lowest BCUT2D eigenvalue weighted by atomic mass is 10.2. The van der Waals surface area contributed by atoms with Crippen LogP contribution in [-0.4, -0.2) is 13.1 Å². The number of amides is 2. The summed E-state index contributed by atoms with van der Waals surface area (Å²) in [6.07, 6.45) is -4.58. The Morgan fingerprint density at radius 1 is 1.13 bits per heavy atom. The zero-order chi connectivity index (χ0) is 17.0. The van der Waals surface area contributed by atoms with E-state index in [1.165, 1.54) is 37.4 Å². The number of hydrogen-bond donors (Lipinski definition) is 2. The lowest BCUT2D eigenvalue weighted by Crippen LogP contribution is -2.24. The smallest absolute Gasteiger partial charge is 0.420 e. The van der Waals surface area contributed by atoms with E-state index in [0.29, 0.717) is 5.69 Å². The van der Waals surface area contributed by atoms with Gasteiger partial charge in [0.05, 0.1) is 5.56 Å². The second-order valence-corrected chi connectivity index (χ2v) is 4.91.